The molecular formula is C17H25ClFNO. The summed E-state index contributed by atoms with van der Waals surface area (Å²) in [6, 6.07) is 4.59. The van der Waals surface area contributed by atoms with Crippen LogP contribution in [-0.4, -0.2) is 29.2 Å². The van der Waals surface area contributed by atoms with Gasteiger partial charge in [0, 0.05) is 11.6 Å². The quantitative estimate of drug-likeness (QED) is 0.884. The third-order valence-electron chi connectivity index (χ3n) is 4.30. The first kappa shape index (κ1) is 16.7. The second-order valence-electron chi connectivity index (χ2n) is 6.55. The predicted molar refractivity (Wildman–Crippen MR) is 84.9 cm³/mol. The number of rotatable bonds is 5. The molecule has 21 heavy (non-hydrogen) atoms. The number of halogens is 2. The number of aliphatic hydroxyl groups is 1. The molecule has 0 unspecified atom stereocenters. The van der Waals surface area contributed by atoms with E-state index in [2.05, 4.69) is 18.7 Å². The molecule has 0 spiro atoms. The van der Waals surface area contributed by atoms with E-state index in [0.717, 1.165) is 44.5 Å². The number of hydrogen-bond donors (Lipinski definition) is 1. The molecule has 2 rings (SSSR count). The first-order valence-corrected chi connectivity index (χ1v) is 8.18. The molecule has 0 saturated carbocycles. The van der Waals surface area contributed by atoms with E-state index in [-0.39, 0.29) is 11.9 Å². The third kappa shape index (κ3) is 4.94. The van der Waals surface area contributed by atoms with Crippen molar-refractivity contribution in [3.8, 4) is 0 Å². The molecule has 0 amide bonds. The van der Waals surface area contributed by atoms with Gasteiger partial charge in [0.25, 0.3) is 0 Å². The van der Waals surface area contributed by atoms with E-state index in [9.17, 15) is 9.50 Å². The SMILES string of the molecule is CC(C)C[C@H](O)C1CCN(Cc2ccc(F)cc2Cl)CC1. The smallest absolute Gasteiger partial charge is 0.124 e. The lowest BCUT2D eigenvalue weighted by molar-refractivity contribution is 0.0436. The van der Waals surface area contributed by atoms with Crippen LogP contribution in [0, 0.1) is 17.7 Å². The van der Waals surface area contributed by atoms with Crippen molar-refractivity contribution in [3.63, 3.8) is 0 Å². The Labute approximate surface area is 131 Å². The van der Waals surface area contributed by atoms with Crippen molar-refractivity contribution in [2.24, 2.45) is 11.8 Å². The second-order valence-corrected chi connectivity index (χ2v) is 6.95. The van der Waals surface area contributed by atoms with E-state index in [1.807, 2.05) is 0 Å². The van der Waals surface area contributed by atoms with Gasteiger partial charge in [-0.2, -0.15) is 0 Å². The van der Waals surface area contributed by atoms with Crippen LogP contribution in [0.3, 0.4) is 0 Å². The number of piperidine rings is 1. The Bertz CT molecular complexity index is 458. The normalized spacial score (nSPS) is 19.1. The molecular weight excluding hydrogens is 289 g/mol. The summed E-state index contributed by atoms with van der Waals surface area (Å²) in [7, 11) is 0. The van der Waals surface area contributed by atoms with Crippen LogP contribution in [0.2, 0.25) is 5.02 Å². The van der Waals surface area contributed by atoms with Crippen LogP contribution < -0.4 is 0 Å². The minimum atomic E-state index is -0.292. The topological polar surface area (TPSA) is 23.5 Å². The van der Waals surface area contributed by atoms with E-state index in [1.54, 1.807) is 6.07 Å². The first-order valence-electron chi connectivity index (χ1n) is 7.80. The van der Waals surface area contributed by atoms with Crippen molar-refractivity contribution in [1.29, 1.82) is 0 Å². The molecule has 4 heteroatoms. The van der Waals surface area contributed by atoms with E-state index < -0.39 is 0 Å². The average Bonchev–Trinajstić information content (AvgIpc) is 2.42. The van der Waals surface area contributed by atoms with Gasteiger partial charge in [0.15, 0.2) is 0 Å². The summed E-state index contributed by atoms with van der Waals surface area (Å²) >= 11 is 6.08. The Balaban J connectivity index is 1.84. The maximum absolute atomic E-state index is 13.0. The molecule has 2 nitrogen and oxygen atoms in total. The molecule has 0 radical (unpaired) electrons. The fourth-order valence-corrected chi connectivity index (χ4v) is 3.29. The highest BCUT2D eigenvalue weighted by Gasteiger charge is 2.25. The Hall–Kier alpha value is -0.640. The van der Waals surface area contributed by atoms with Gasteiger partial charge >= 0.3 is 0 Å². The fourth-order valence-electron chi connectivity index (χ4n) is 3.06. The Morgan fingerprint density at radius 3 is 2.57 bits per heavy atom. The fraction of sp³-hybridized carbons (Fsp3) is 0.647. The molecule has 1 aliphatic rings. The highest BCUT2D eigenvalue weighted by molar-refractivity contribution is 6.31. The van der Waals surface area contributed by atoms with Gasteiger partial charge in [-0.15, -0.1) is 0 Å². The molecule has 1 heterocycles. The van der Waals surface area contributed by atoms with E-state index >= 15 is 0 Å². The van der Waals surface area contributed by atoms with Crippen LogP contribution in [0.5, 0.6) is 0 Å². The number of likely N-dealkylation sites (tertiary alicyclic amines) is 1. The van der Waals surface area contributed by atoms with Crippen LogP contribution in [0.1, 0.15) is 38.7 Å². The molecule has 1 aromatic rings. The lowest BCUT2D eigenvalue weighted by Gasteiger charge is -2.34. The standard InChI is InChI=1S/C17H25ClFNO/c1-12(2)9-17(21)13-5-7-20(8-6-13)11-14-3-4-15(19)10-16(14)18/h3-4,10,12-13,17,21H,5-9,11H2,1-2H3/t17-/m0/s1. The summed E-state index contributed by atoms with van der Waals surface area (Å²) in [6.07, 6.45) is 2.75. The summed E-state index contributed by atoms with van der Waals surface area (Å²) in [6.45, 7) is 6.98. The van der Waals surface area contributed by atoms with Crippen LogP contribution in [0.15, 0.2) is 18.2 Å². The number of nitrogens with zero attached hydrogens (tertiary/aromatic N) is 1. The summed E-state index contributed by atoms with van der Waals surface area (Å²) in [5.74, 6) is 0.655. The van der Waals surface area contributed by atoms with E-state index in [1.165, 1.54) is 12.1 Å². The monoisotopic (exact) mass is 313 g/mol. The molecule has 1 atom stereocenters. The first-order chi connectivity index (χ1) is 9.95. The van der Waals surface area contributed by atoms with Gasteiger partial charge in [-0.05, 0) is 61.9 Å². The van der Waals surface area contributed by atoms with Gasteiger partial charge in [0.05, 0.1) is 6.10 Å². The molecule has 118 valence electrons. The lowest BCUT2D eigenvalue weighted by Crippen LogP contribution is -2.37. The van der Waals surface area contributed by atoms with Crippen molar-refractivity contribution in [2.75, 3.05) is 13.1 Å². The summed E-state index contributed by atoms with van der Waals surface area (Å²) in [5, 5.41) is 10.7. The summed E-state index contributed by atoms with van der Waals surface area (Å²) < 4.78 is 13.0. The van der Waals surface area contributed by atoms with Crippen molar-refractivity contribution >= 4 is 11.6 Å². The van der Waals surface area contributed by atoms with Crippen molar-refractivity contribution < 1.29 is 9.50 Å². The van der Waals surface area contributed by atoms with Crippen LogP contribution >= 0.6 is 11.6 Å². The maximum Gasteiger partial charge on any atom is 0.124 e. The number of hydrogen-bond acceptors (Lipinski definition) is 2. The van der Waals surface area contributed by atoms with Gasteiger partial charge in [-0.25, -0.2) is 4.39 Å². The predicted octanol–water partition coefficient (Wildman–Crippen LogP) is 4.10. The van der Waals surface area contributed by atoms with Gasteiger partial charge in [-0.3, -0.25) is 4.90 Å². The zero-order chi connectivity index (χ0) is 15.4. The third-order valence-corrected chi connectivity index (χ3v) is 4.65. The van der Waals surface area contributed by atoms with Gasteiger partial charge in [0.2, 0.25) is 0 Å². The van der Waals surface area contributed by atoms with Crippen LogP contribution in [-0.2, 0) is 6.54 Å². The van der Waals surface area contributed by atoms with Crippen molar-refractivity contribution in [3.05, 3.63) is 34.6 Å². The zero-order valence-electron chi connectivity index (χ0n) is 12.9. The van der Waals surface area contributed by atoms with Crippen LogP contribution in [0.25, 0.3) is 0 Å². The van der Waals surface area contributed by atoms with Gasteiger partial charge in [-0.1, -0.05) is 31.5 Å². The zero-order valence-corrected chi connectivity index (χ0v) is 13.6. The van der Waals surface area contributed by atoms with Crippen molar-refractivity contribution in [1.82, 2.24) is 4.90 Å². The number of benzene rings is 1. The van der Waals surface area contributed by atoms with E-state index in [0.29, 0.717) is 16.9 Å². The van der Waals surface area contributed by atoms with Crippen LogP contribution in [0.4, 0.5) is 4.39 Å². The van der Waals surface area contributed by atoms with Gasteiger partial charge < -0.3 is 5.11 Å². The maximum atomic E-state index is 13.0. The summed E-state index contributed by atoms with van der Waals surface area (Å²) in [5.41, 5.74) is 0.972. The van der Waals surface area contributed by atoms with Crippen molar-refractivity contribution in [2.45, 2.75) is 45.8 Å². The molecule has 1 aromatic carbocycles. The highest BCUT2D eigenvalue weighted by atomic mass is 35.5. The molecule has 1 N–H and O–H groups in total. The molecule has 1 fully saturated rings. The largest absolute Gasteiger partial charge is 0.393 e. The number of aliphatic hydroxyl groups excluding tert-OH is 1. The Kier molecular flexibility index (Phi) is 6.03. The minimum Gasteiger partial charge on any atom is -0.393 e. The Morgan fingerprint density at radius 2 is 2.00 bits per heavy atom. The second kappa shape index (κ2) is 7.57. The van der Waals surface area contributed by atoms with Gasteiger partial charge in [0.1, 0.15) is 5.82 Å². The molecule has 0 aliphatic carbocycles. The average molecular weight is 314 g/mol. The molecule has 1 saturated heterocycles. The molecule has 1 aliphatic heterocycles. The lowest BCUT2D eigenvalue weighted by atomic mass is 9.87. The minimum absolute atomic E-state index is 0.179. The molecule has 0 aromatic heterocycles. The highest BCUT2D eigenvalue weighted by Crippen LogP contribution is 2.26. The Morgan fingerprint density at radius 1 is 1.33 bits per heavy atom. The molecule has 0 bridgehead atoms. The summed E-state index contributed by atoms with van der Waals surface area (Å²) in [4.78, 5) is 2.33. The van der Waals surface area contributed by atoms with E-state index in [4.69, 9.17) is 11.6 Å².